The van der Waals surface area contributed by atoms with Gasteiger partial charge in [-0.15, -0.1) is 0 Å². The van der Waals surface area contributed by atoms with Crippen LogP contribution in [0.5, 0.6) is 5.75 Å². The van der Waals surface area contributed by atoms with E-state index < -0.39 is 52.6 Å². The lowest BCUT2D eigenvalue weighted by Gasteiger charge is -2.13. The quantitative estimate of drug-likeness (QED) is 0.214. The predicted molar refractivity (Wildman–Crippen MR) is 121 cm³/mol. The second-order valence-electron chi connectivity index (χ2n) is 8.50. The number of carbonyl (C=O) groups excluding carboxylic acids is 3. The van der Waals surface area contributed by atoms with E-state index in [1.807, 2.05) is 12.2 Å². The summed E-state index contributed by atoms with van der Waals surface area (Å²) >= 11 is 0. The van der Waals surface area contributed by atoms with Crippen LogP contribution in [0.15, 0.2) is 59.7 Å². The van der Waals surface area contributed by atoms with Gasteiger partial charge in [0.15, 0.2) is 6.61 Å². The van der Waals surface area contributed by atoms with Gasteiger partial charge in [-0.2, -0.15) is 10.1 Å². The third kappa shape index (κ3) is 3.94. The summed E-state index contributed by atoms with van der Waals surface area (Å²) in [6.07, 6.45) is 5.83. The van der Waals surface area contributed by atoms with Crippen LogP contribution < -0.4 is 10.1 Å². The minimum atomic E-state index is -0.739. The summed E-state index contributed by atoms with van der Waals surface area (Å²) in [4.78, 5) is 48.7. The lowest BCUT2D eigenvalue weighted by Crippen LogP contribution is -2.28. The number of para-hydroxylation sites is 2. The largest absolute Gasteiger partial charge is 0.476 e. The van der Waals surface area contributed by atoms with Crippen molar-refractivity contribution in [1.29, 1.82) is 0 Å². The van der Waals surface area contributed by atoms with E-state index in [-0.39, 0.29) is 28.8 Å². The van der Waals surface area contributed by atoms with E-state index in [9.17, 15) is 28.9 Å². The van der Waals surface area contributed by atoms with Gasteiger partial charge < -0.3 is 10.1 Å². The van der Waals surface area contributed by atoms with Gasteiger partial charge in [0.1, 0.15) is 5.82 Å². The topological polar surface area (TPSA) is 131 Å². The maximum Gasteiger partial charge on any atom is 0.311 e. The molecule has 3 aliphatic rings. The van der Waals surface area contributed by atoms with Crippen molar-refractivity contribution in [2.24, 2.45) is 28.8 Å². The molecule has 2 aromatic carbocycles. The van der Waals surface area contributed by atoms with Gasteiger partial charge in [-0.05, 0) is 36.5 Å². The Balaban J connectivity index is 1.35. The summed E-state index contributed by atoms with van der Waals surface area (Å²) in [6, 6.07) is 9.54. The molecular formula is C24H19FN4O6. The zero-order valence-electron chi connectivity index (χ0n) is 18.2. The molecule has 1 saturated carbocycles. The Bertz CT molecular complexity index is 1280. The molecule has 0 aromatic heterocycles. The number of rotatable bonds is 7. The number of hydrogen-bond acceptors (Lipinski definition) is 7. The van der Waals surface area contributed by atoms with Crippen LogP contribution in [0.2, 0.25) is 0 Å². The summed E-state index contributed by atoms with van der Waals surface area (Å²) in [7, 11) is 0. The molecule has 2 fully saturated rings. The molecule has 1 N–H and O–H groups in total. The van der Waals surface area contributed by atoms with E-state index in [2.05, 4.69) is 10.4 Å². The van der Waals surface area contributed by atoms with Crippen LogP contribution in [0.25, 0.3) is 0 Å². The zero-order chi connectivity index (χ0) is 24.7. The van der Waals surface area contributed by atoms with E-state index in [0.29, 0.717) is 0 Å². The van der Waals surface area contributed by atoms with Crippen LogP contribution >= 0.6 is 0 Å². The molecule has 178 valence electrons. The highest BCUT2D eigenvalue weighted by atomic mass is 19.1. The van der Waals surface area contributed by atoms with Gasteiger partial charge in [-0.25, -0.2) is 4.39 Å². The number of nitrogens with one attached hydrogen (secondary N) is 1. The Kier molecular flexibility index (Phi) is 5.59. The van der Waals surface area contributed by atoms with Crippen LogP contribution in [-0.2, 0) is 14.4 Å². The van der Waals surface area contributed by atoms with Gasteiger partial charge in [0.25, 0.3) is 17.7 Å². The van der Waals surface area contributed by atoms with Gasteiger partial charge in [0, 0.05) is 11.6 Å². The van der Waals surface area contributed by atoms with Crippen molar-refractivity contribution in [3.63, 3.8) is 0 Å². The van der Waals surface area contributed by atoms with Gasteiger partial charge in [0.05, 0.1) is 28.7 Å². The van der Waals surface area contributed by atoms with Crippen LogP contribution in [0.3, 0.4) is 0 Å². The highest BCUT2D eigenvalue weighted by Crippen LogP contribution is 2.52. The number of hydrazone groups is 1. The van der Waals surface area contributed by atoms with Crippen molar-refractivity contribution in [2.75, 3.05) is 11.9 Å². The number of ether oxygens (including phenoxy) is 1. The minimum Gasteiger partial charge on any atom is -0.476 e. The summed E-state index contributed by atoms with van der Waals surface area (Å²) in [5, 5.41) is 18.7. The summed E-state index contributed by atoms with van der Waals surface area (Å²) < 4.78 is 19.2. The SMILES string of the molecule is O=C(COc1c(C=NN2C(=O)C3C4C=CC(C4)C3C2=O)cccc1[N+](=O)[O-])Nc1ccccc1F. The highest BCUT2D eigenvalue weighted by molar-refractivity contribution is 6.07. The average Bonchev–Trinajstić information content (AvgIpc) is 3.52. The molecule has 11 heteroatoms. The van der Waals surface area contributed by atoms with E-state index in [4.69, 9.17) is 4.74 Å². The fourth-order valence-electron chi connectivity index (χ4n) is 4.95. The number of carbonyl (C=O) groups is 3. The Morgan fingerprint density at radius 1 is 1.14 bits per heavy atom. The molecule has 4 atom stereocenters. The number of anilines is 1. The predicted octanol–water partition coefficient (Wildman–Crippen LogP) is 2.89. The maximum atomic E-state index is 13.8. The molecule has 2 aliphatic carbocycles. The van der Waals surface area contributed by atoms with Crippen LogP contribution in [0, 0.1) is 39.6 Å². The molecule has 0 radical (unpaired) electrons. The van der Waals surface area contributed by atoms with E-state index >= 15 is 0 Å². The summed E-state index contributed by atoms with van der Waals surface area (Å²) in [5.41, 5.74) is -0.409. The minimum absolute atomic E-state index is 0.0197. The third-order valence-corrected chi connectivity index (χ3v) is 6.48. The molecular weight excluding hydrogens is 459 g/mol. The number of nitro benzene ring substituents is 1. The van der Waals surface area contributed by atoms with Crippen LogP contribution in [0.1, 0.15) is 12.0 Å². The van der Waals surface area contributed by atoms with Gasteiger partial charge >= 0.3 is 5.69 Å². The Morgan fingerprint density at radius 3 is 2.49 bits per heavy atom. The molecule has 35 heavy (non-hydrogen) atoms. The third-order valence-electron chi connectivity index (χ3n) is 6.48. The Morgan fingerprint density at radius 2 is 1.83 bits per heavy atom. The lowest BCUT2D eigenvalue weighted by molar-refractivity contribution is -0.385. The average molecular weight is 478 g/mol. The molecule has 2 bridgehead atoms. The first-order chi connectivity index (χ1) is 16.8. The smallest absolute Gasteiger partial charge is 0.311 e. The van der Waals surface area contributed by atoms with Crippen molar-refractivity contribution >= 4 is 35.3 Å². The van der Waals surface area contributed by atoms with E-state index in [1.54, 1.807) is 0 Å². The fraction of sp³-hybridized carbons (Fsp3) is 0.250. The molecule has 1 saturated heterocycles. The number of amides is 3. The van der Waals surface area contributed by atoms with Crippen LogP contribution in [0.4, 0.5) is 15.8 Å². The van der Waals surface area contributed by atoms with Crippen molar-refractivity contribution in [3.05, 3.63) is 76.1 Å². The molecule has 0 spiro atoms. The first-order valence-electron chi connectivity index (χ1n) is 10.9. The molecule has 10 nitrogen and oxygen atoms in total. The molecule has 1 heterocycles. The normalized spacial score (nSPS) is 24.3. The van der Waals surface area contributed by atoms with E-state index in [0.717, 1.165) is 17.6 Å². The number of imide groups is 1. The van der Waals surface area contributed by atoms with Crippen molar-refractivity contribution in [2.45, 2.75) is 6.42 Å². The summed E-state index contributed by atoms with van der Waals surface area (Å²) in [6.45, 7) is -0.652. The first-order valence-corrected chi connectivity index (χ1v) is 10.9. The zero-order valence-corrected chi connectivity index (χ0v) is 18.2. The molecule has 5 rings (SSSR count). The number of fused-ring (bicyclic) bond motifs is 5. The second kappa shape index (κ2) is 8.75. The molecule has 4 unspecified atom stereocenters. The Labute approximate surface area is 198 Å². The number of allylic oxidation sites excluding steroid dienone is 2. The fourth-order valence-corrected chi connectivity index (χ4v) is 4.95. The molecule has 2 aromatic rings. The van der Waals surface area contributed by atoms with Gasteiger partial charge in [0.2, 0.25) is 5.75 Å². The monoisotopic (exact) mass is 478 g/mol. The number of nitrogens with zero attached hydrogens (tertiary/aromatic N) is 3. The molecule has 1 aliphatic heterocycles. The molecule has 3 amide bonds. The number of hydrogen-bond donors (Lipinski definition) is 1. The lowest BCUT2D eigenvalue weighted by atomic mass is 9.85. The standard InChI is InChI=1S/C24H19FN4O6/c25-16-5-1-2-6-17(16)27-19(30)12-35-22-15(4-3-7-18(22)29(33)34)11-26-28-23(31)20-13-8-9-14(10-13)21(20)24(28)32/h1-9,11,13-14,20-21H,10,12H2,(H,27,30). The van der Waals surface area contributed by atoms with Crippen molar-refractivity contribution < 1.29 is 28.4 Å². The van der Waals surface area contributed by atoms with Crippen molar-refractivity contribution in [3.8, 4) is 5.75 Å². The second-order valence-corrected chi connectivity index (χ2v) is 8.50. The summed E-state index contributed by atoms with van der Waals surface area (Å²) in [5.74, 6) is -3.28. The van der Waals surface area contributed by atoms with Crippen molar-refractivity contribution in [1.82, 2.24) is 5.01 Å². The van der Waals surface area contributed by atoms with Gasteiger partial charge in [-0.1, -0.05) is 30.4 Å². The van der Waals surface area contributed by atoms with Gasteiger partial charge in [-0.3, -0.25) is 24.5 Å². The number of nitro groups is 1. The highest BCUT2D eigenvalue weighted by Gasteiger charge is 2.59. The number of halogens is 1. The Hall–Kier alpha value is -4.41. The maximum absolute atomic E-state index is 13.8. The van der Waals surface area contributed by atoms with E-state index in [1.165, 1.54) is 42.5 Å². The van der Waals surface area contributed by atoms with Crippen LogP contribution in [-0.4, -0.2) is 40.5 Å². The number of benzene rings is 2. The first kappa shape index (κ1) is 22.4.